The normalized spacial score (nSPS) is 10.8. The molecule has 150 valence electrons. The van der Waals surface area contributed by atoms with Crippen LogP contribution in [0.2, 0.25) is 0 Å². The first-order chi connectivity index (χ1) is 13.9. The third-order valence-corrected chi connectivity index (χ3v) is 4.64. The van der Waals surface area contributed by atoms with Crippen molar-refractivity contribution < 1.29 is 14.0 Å². The molecule has 2 aromatic heterocycles. The molecule has 1 aromatic carbocycles. The number of amides is 2. The van der Waals surface area contributed by atoms with Gasteiger partial charge in [-0.2, -0.15) is 0 Å². The SMILES string of the molecule is Cc1cccc(NC(=O)CN(C)Cc2nnc(C(=O)Nc3ccc(F)cc3)s2)n1. The first-order valence-corrected chi connectivity index (χ1v) is 9.52. The second-order valence-corrected chi connectivity index (χ2v) is 7.41. The van der Waals surface area contributed by atoms with Gasteiger partial charge in [0, 0.05) is 11.4 Å². The first kappa shape index (κ1) is 20.5. The van der Waals surface area contributed by atoms with Gasteiger partial charge in [-0.15, -0.1) is 10.2 Å². The molecule has 0 saturated heterocycles. The van der Waals surface area contributed by atoms with E-state index in [1.165, 1.54) is 24.3 Å². The fourth-order valence-corrected chi connectivity index (χ4v) is 3.27. The Bertz CT molecular complexity index is 1010. The van der Waals surface area contributed by atoms with Gasteiger partial charge in [0.1, 0.15) is 16.6 Å². The van der Waals surface area contributed by atoms with E-state index < -0.39 is 5.91 Å². The number of hydrogen-bond acceptors (Lipinski definition) is 7. The monoisotopic (exact) mass is 414 g/mol. The molecule has 0 aliphatic carbocycles. The minimum Gasteiger partial charge on any atom is -0.320 e. The van der Waals surface area contributed by atoms with Crippen molar-refractivity contribution in [1.82, 2.24) is 20.1 Å². The lowest BCUT2D eigenvalue weighted by molar-refractivity contribution is -0.117. The van der Waals surface area contributed by atoms with E-state index in [1.54, 1.807) is 18.0 Å². The lowest BCUT2D eigenvalue weighted by Gasteiger charge is -2.14. The van der Waals surface area contributed by atoms with Gasteiger partial charge < -0.3 is 10.6 Å². The number of rotatable bonds is 7. The Hall–Kier alpha value is -3.24. The average molecular weight is 414 g/mol. The number of aryl methyl sites for hydroxylation is 1. The number of hydrogen-bond donors (Lipinski definition) is 2. The molecule has 2 N–H and O–H groups in total. The molecule has 0 bridgehead atoms. The second kappa shape index (κ2) is 9.30. The number of carbonyl (C=O) groups excluding carboxylic acids is 2. The van der Waals surface area contributed by atoms with Gasteiger partial charge >= 0.3 is 0 Å². The van der Waals surface area contributed by atoms with E-state index >= 15 is 0 Å². The Balaban J connectivity index is 1.51. The molecule has 0 atom stereocenters. The van der Waals surface area contributed by atoms with Gasteiger partial charge in [0.2, 0.25) is 10.9 Å². The zero-order chi connectivity index (χ0) is 20.8. The van der Waals surface area contributed by atoms with E-state index in [4.69, 9.17) is 0 Å². The summed E-state index contributed by atoms with van der Waals surface area (Å²) in [5.74, 6) is -0.513. The molecule has 3 rings (SSSR count). The van der Waals surface area contributed by atoms with Crippen molar-refractivity contribution in [3.63, 3.8) is 0 Å². The maximum atomic E-state index is 12.9. The summed E-state index contributed by atoms with van der Waals surface area (Å²) in [4.78, 5) is 30.4. The van der Waals surface area contributed by atoms with Crippen LogP contribution in [0.25, 0.3) is 0 Å². The van der Waals surface area contributed by atoms with Crippen LogP contribution in [-0.2, 0) is 11.3 Å². The maximum Gasteiger partial charge on any atom is 0.286 e. The van der Waals surface area contributed by atoms with Crippen LogP contribution in [0.1, 0.15) is 20.5 Å². The molecule has 0 unspecified atom stereocenters. The summed E-state index contributed by atoms with van der Waals surface area (Å²) in [5.41, 5.74) is 1.28. The predicted octanol–water partition coefficient (Wildman–Crippen LogP) is 2.70. The first-order valence-electron chi connectivity index (χ1n) is 8.70. The Morgan fingerprint density at radius 2 is 1.86 bits per heavy atom. The third-order valence-electron chi connectivity index (χ3n) is 3.74. The van der Waals surface area contributed by atoms with Crippen LogP contribution < -0.4 is 10.6 Å². The van der Waals surface area contributed by atoms with Gasteiger partial charge in [0.05, 0.1) is 13.1 Å². The van der Waals surface area contributed by atoms with Crippen LogP contribution in [0.3, 0.4) is 0 Å². The van der Waals surface area contributed by atoms with Crippen molar-refractivity contribution in [3.05, 3.63) is 64.0 Å². The summed E-state index contributed by atoms with van der Waals surface area (Å²) in [7, 11) is 1.77. The zero-order valence-corrected chi connectivity index (χ0v) is 16.7. The number of halogens is 1. The molecular formula is C19H19FN6O2S. The largest absolute Gasteiger partial charge is 0.320 e. The molecule has 8 nitrogen and oxygen atoms in total. The zero-order valence-electron chi connectivity index (χ0n) is 15.8. The van der Waals surface area contributed by atoms with Crippen molar-refractivity contribution in [2.24, 2.45) is 0 Å². The maximum absolute atomic E-state index is 12.9. The lowest BCUT2D eigenvalue weighted by atomic mass is 10.3. The van der Waals surface area contributed by atoms with Crippen molar-refractivity contribution in [3.8, 4) is 0 Å². The molecule has 10 heteroatoms. The molecule has 3 aromatic rings. The number of nitrogens with one attached hydrogen (secondary N) is 2. The molecule has 2 heterocycles. The van der Waals surface area contributed by atoms with Crippen LogP contribution in [0.5, 0.6) is 0 Å². The quantitative estimate of drug-likeness (QED) is 0.617. The third kappa shape index (κ3) is 6.13. The van der Waals surface area contributed by atoms with Gasteiger partial charge in [-0.05, 0) is 50.4 Å². The Labute approximate surface area is 170 Å². The van der Waals surface area contributed by atoms with Crippen molar-refractivity contribution in [2.45, 2.75) is 13.5 Å². The number of nitrogens with zero attached hydrogens (tertiary/aromatic N) is 4. The molecule has 0 aliphatic rings. The number of pyridine rings is 1. The van der Waals surface area contributed by atoms with Gasteiger partial charge in [0.15, 0.2) is 0 Å². The van der Waals surface area contributed by atoms with Crippen LogP contribution in [0.4, 0.5) is 15.9 Å². The number of benzene rings is 1. The molecule has 0 saturated carbocycles. The number of likely N-dealkylation sites (N-methyl/N-ethyl adjacent to an activating group) is 1. The number of anilines is 2. The van der Waals surface area contributed by atoms with Crippen LogP contribution in [0, 0.1) is 12.7 Å². The van der Waals surface area contributed by atoms with E-state index in [1.807, 2.05) is 19.1 Å². The Morgan fingerprint density at radius 3 is 2.59 bits per heavy atom. The minimum absolute atomic E-state index is 0.131. The molecule has 29 heavy (non-hydrogen) atoms. The molecule has 0 fully saturated rings. The van der Waals surface area contributed by atoms with Gasteiger partial charge in [-0.1, -0.05) is 17.4 Å². The fourth-order valence-electron chi connectivity index (χ4n) is 2.45. The van der Waals surface area contributed by atoms with Crippen LogP contribution in [0.15, 0.2) is 42.5 Å². The molecular weight excluding hydrogens is 395 g/mol. The highest BCUT2D eigenvalue weighted by atomic mass is 32.1. The molecule has 0 radical (unpaired) electrons. The molecule has 0 aliphatic heterocycles. The number of aromatic nitrogens is 3. The summed E-state index contributed by atoms with van der Waals surface area (Å²) in [6.45, 7) is 2.34. The summed E-state index contributed by atoms with van der Waals surface area (Å²) >= 11 is 1.13. The van der Waals surface area contributed by atoms with Crippen molar-refractivity contribution in [1.29, 1.82) is 0 Å². The highest BCUT2D eigenvalue weighted by molar-refractivity contribution is 7.13. The minimum atomic E-state index is -0.425. The van der Waals surface area contributed by atoms with Crippen LogP contribution >= 0.6 is 11.3 Å². The second-order valence-electron chi connectivity index (χ2n) is 6.35. The van der Waals surface area contributed by atoms with E-state index in [0.717, 1.165) is 17.0 Å². The van der Waals surface area contributed by atoms with Crippen molar-refractivity contribution in [2.75, 3.05) is 24.2 Å². The van der Waals surface area contributed by atoms with Gasteiger partial charge in [0.25, 0.3) is 5.91 Å². The average Bonchev–Trinajstić information content (AvgIpc) is 3.12. The topological polar surface area (TPSA) is 100 Å². The summed E-state index contributed by atoms with van der Waals surface area (Å²) in [5, 5.41) is 14.0. The Kier molecular flexibility index (Phi) is 6.57. The summed E-state index contributed by atoms with van der Waals surface area (Å²) in [6, 6.07) is 10.8. The lowest BCUT2D eigenvalue weighted by Crippen LogP contribution is -2.30. The van der Waals surface area contributed by atoms with E-state index in [-0.39, 0.29) is 23.3 Å². The molecule has 2 amide bonds. The molecule has 0 spiro atoms. The standard InChI is InChI=1S/C19H19FN6O2S/c1-12-4-3-5-15(21-12)23-16(27)10-26(2)11-17-24-25-19(29-17)18(28)22-14-8-6-13(20)7-9-14/h3-9H,10-11H2,1-2H3,(H,22,28)(H,21,23,27). The fraction of sp³-hybridized carbons (Fsp3) is 0.211. The Morgan fingerprint density at radius 1 is 1.10 bits per heavy atom. The van der Waals surface area contributed by atoms with E-state index in [2.05, 4.69) is 25.8 Å². The van der Waals surface area contributed by atoms with E-state index in [0.29, 0.717) is 23.1 Å². The van der Waals surface area contributed by atoms with Gasteiger partial charge in [-0.25, -0.2) is 9.37 Å². The predicted molar refractivity (Wildman–Crippen MR) is 108 cm³/mol. The summed E-state index contributed by atoms with van der Waals surface area (Å²) < 4.78 is 12.9. The highest BCUT2D eigenvalue weighted by Crippen LogP contribution is 2.15. The van der Waals surface area contributed by atoms with Gasteiger partial charge in [-0.3, -0.25) is 14.5 Å². The van der Waals surface area contributed by atoms with Crippen LogP contribution in [-0.4, -0.2) is 45.5 Å². The smallest absolute Gasteiger partial charge is 0.286 e. The summed E-state index contributed by atoms with van der Waals surface area (Å²) in [6.07, 6.45) is 0. The number of carbonyl (C=O) groups is 2. The van der Waals surface area contributed by atoms with E-state index in [9.17, 15) is 14.0 Å². The van der Waals surface area contributed by atoms with Crippen molar-refractivity contribution >= 4 is 34.7 Å². The highest BCUT2D eigenvalue weighted by Gasteiger charge is 2.15.